The van der Waals surface area contributed by atoms with Crippen LogP contribution in [0.5, 0.6) is 0 Å². The average Bonchev–Trinajstić information content (AvgIpc) is 3.06. The molecule has 1 aliphatic heterocycles. The van der Waals surface area contributed by atoms with Gasteiger partial charge in [0.25, 0.3) is 17.7 Å². The van der Waals surface area contributed by atoms with E-state index in [0.29, 0.717) is 22.4 Å². The molecular formula is C27H32N2O3. The molecule has 3 amide bonds. The lowest BCUT2D eigenvalue weighted by Gasteiger charge is -2.20. The highest BCUT2D eigenvalue weighted by Crippen LogP contribution is 2.29. The number of fused-ring (bicyclic) bond motifs is 1. The van der Waals surface area contributed by atoms with Crippen LogP contribution in [0.3, 0.4) is 0 Å². The van der Waals surface area contributed by atoms with Gasteiger partial charge in [-0.2, -0.15) is 0 Å². The van der Waals surface area contributed by atoms with Crippen molar-refractivity contribution in [3.05, 3.63) is 65.2 Å². The molecular weight excluding hydrogens is 400 g/mol. The largest absolute Gasteiger partial charge is 0.349 e. The molecule has 2 aliphatic rings. The zero-order valence-electron chi connectivity index (χ0n) is 18.6. The number of amides is 3. The molecule has 1 aliphatic carbocycles. The van der Waals surface area contributed by atoms with Crippen molar-refractivity contribution >= 4 is 23.4 Å². The molecule has 5 nitrogen and oxygen atoms in total. The van der Waals surface area contributed by atoms with Crippen LogP contribution in [0.1, 0.15) is 102 Å². The van der Waals surface area contributed by atoms with E-state index in [9.17, 15) is 14.4 Å². The van der Waals surface area contributed by atoms with Gasteiger partial charge in [0.15, 0.2) is 0 Å². The van der Waals surface area contributed by atoms with E-state index in [1.54, 1.807) is 48.5 Å². The Balaban J connectivity index is 1.45. The highest BCUT2D eigenvalue weighted by atomic mass is 16.2. The number of benzene rings is 2. The smallest absolute Gasteiger partial charge is 0.266 e. The summed E-state index contributed by atoms with van der Waals surface area (Å²) in [5.74, 6) is -0.828. The molecule has 168 valence electrons. The van der Waals surface area contributed by atoms with Crippen molar-refractivity contribution in [3.63, 3.8) is 0 Å². The third kappa shape index (κ3) is 5.09. The Kier molecular flexibility index (Phi) is 7.35. The van der Waals surface area contributed by atoms with E-state index in [1.807, 2.05) is 0 Å². The van der Waals surface area contributed by atoms with E-state index >= 15 is 0 Å². The lowest BCUT2D eigenvalue weighted by atomic mass is 9.97. The Morgan fingerprint density at radius 3 is 1.81 bits per heavy atom. The standard InChI is InChI=1S/C27H32N2O3/c30-25(28-21-14-8-6-4-2-1-3-5-7-9-15-21)20-13-12-16-22(19-20)29-26(31)23-17-10-11-18-24(23)27(29)32/h10-13,16-19,21H,1-9,14-15H2,(H,28,30). The molecule has 4 rings (SSSR count). The maximum absolute atomic E-state index is 13.0. The van der Waals surface area contributed by atoms with Crippen molar-refractivity contribution < 1.29 is 14.4 Å². The number of nitrogens with zero attached hydrogens (tertiary/aromatic N) is 1. The fraction of sp³-hybridized carbons (Fsp3) is 0.444. The Labute approximate surface area is 190 Å². The number of carbonyl (C=O) groups excluding carboxylic acids is 3. The van der Waals surface area contributed by atoms with Crippen LogP contribution in [0.4, 0.5) is 5.69 Å². The molecule has 1 fully saturated rings. The van der Waals surface area contributed by atoms with Crippen LogP contribution in [0.15, 0.2) is 48.5 Å². The first-order valence-corrected chi connectivity index (χ1v) is 12.0. The van der Waals surface area contributed by atoms with Crippen molar-refractivity contribution in [3.8, 4) is 0 Å². The van der Waals surface area contributed by atoms with Gasteiger partial charge in [-0.3, -0.25) is 14.4 Å². The maximum Gasteiger partial charge on any atom is 0.266 e. The molecule has 0 bridgehead atoms. The minimum atomic E-state index is -0.345. The average molecular weight is 433 g/mol. The molecule has 1 saturated carbocycles. The number of anilines is 1. The van der Waals surface area contributed by atoms with Gasteiger partial charge in [-0.15, -0.1) is 0 Å². The molecule has 0 atom stereocenters. The number of hydrogen-bond acceptors (Lipinski definition) is 3. The molecule has 0 radical (unpaired) electrons. The van der Waals surface area contributed by atoms with E-state index in [0.717, 1.165) is 30.6 Å². The molecule has 2 aromatic carbocycles. The SMILES string of the molecule is O=C(NC1CCCCCCCCCCC1)c1cccc(N2C(=O)c3ccccc3C2=O)c1. The van der Waals surface area contributed by atoms with Gasteiger partial charge in [-0.25, -0.2) is 4.90 Å². The summed E-state index contributed by atoms with van der Waals surface area (Å²) in [6, 6.07) is 13.8. The van der Waals surface area contributed by atoms with Crippen LogP contribution in [0.25, 0.3) is 0 Å². The summed E-state index contributed by atoms with van der Waals surface area (Å²) in [4.78, 5) is 39.8. The minimum Gasteiger partial charge on any atom is -0.349 e. The molecule has 2 aromatic rings. The third-order valence-electron chi connectivity index (χ3n) is 6.60. The molecule has 1 N–H and O–H groups in total. The summed E-state index contributed by atoms with van der Waals surface area (Å²) in [5.41, 5.74) is 1.72. The Bertz CT molecular complexity index is 937. The van der Waals surface area contributed by atoms with Crippen LogP contribution >= 0.6 is 0 Å². The van der Waals surface area contributed by atoms with Gasteiger partial charge in [0.05, 0.1) is 16.8 Å². The normalized spacial score (nSPS) is 18.6. The summed E-state index contributed by atoms with van der Waals surface area (Å²) in [7, 11) is 0. The van der Waals surface area contributed by atoms with Gasteiger partial charge >= 0.3 is 0 Å². The second kappa shape index (κ2) is 10.6. The van der Waals surface area contributed by atoms with Crippen molar-refractivity contribution in [2.75, 3.05) is 4.90 Å². The number of hydrogen-bond donors (Lipinski definition) is 1. The van der Waals surface area contributed by atoms with Gasteiger partial charge in [0, 0.05) is 11.6 Å². The summed E-state index contributed by atoms with van der Waals surface area (Å²) in [5, 5.41) is 3.22. The van der Waals surface area contributed by atoms with Crippen molar-refractivity contribution in [2.45, 2.75) is 76.7 Å². The van der Waals surface area contributed by atoms with Gasteiger partial charge in [-0.1, -0.05) is 76.0 Å². The molecule has 0 saturated heterocycles. The van der Waals surface area contributed by atoms with Gasteiger partial charge in [-0.05, 0) is 43.2 Å². The first kappa shape index (κ1) is 22.3. The van der Waals surface area contributed by atoms with Crippen molar-refractivity contribution in [2.24, 2.45) is 0 Å². The quantitative estimate of drug-likeness (QED) is 0.615. The van der Waals surface area contributed by atoms with Crippen molar-refractivity contribution in [1.29, 1.82) is 0 Å². The lowest BCUT2D eigenvalue weighted by molar-refractivity contribution is 0.0913. The summed E-state index contributed by atoms with van der Waals surface area (Å²) < 4.78 is 0. The summed E-state index contributed by atoms with van der Waals surface area (Å²) in [6.07, 6.45) is 13.3. The van der Waals surface area contributed by atoms with E-state index < -0.39 is 0 Å². The number of imide groups is 1. The first-order valence-electron chi connectivity index (χ1n) is 12.0. The highest BCUT2D eigenvalue weighted by molar-refractivity contribution is 6.34. The molecule has 0 unspecified atom stereocenters. The minimum absolute atomic E-state index is 0.138. The molecule has 0 aromatic heterocycles. The van der Waals surface area contributed by atoms with E-state index in [-0.39, 0.29) is 23.8 Å². The Hall–Kier alpha value is -2.95. The summed E-state index contributed by atoms with van der Waals surface area (Å²) >= 11 is 0. The van der Waals surface area contributed by atoms with Gasteiger partial charge < -0.3 is 5.32 Å². The third-order valence-corrected chi connectivity index (χ3v) is 6.60. The monoisotopic (exact) mass is 432 g/mol. The second-order valence-electron chi connectivity index (χ2n) is 8.97. The highest BCUT2D eigenvalue weighted by Gasteiger charge is 2.36. The predicted octanol–water partition coefficient (Wildman–Crippen LogP) is 5.89. The van der Waals surface area contributed by atoms with E-state index in [4.69, 9.17) is 0 Å². The van der Waals surface area contributed by atoms with E-state index in [1.165, 1.54) is 44.9 Å². The zero-order chi connectivity index (χ0) is 22.3. The second-order valence-corrected chi connectivity index (χ2v) is 8.97. The van der Waals surface area contributed by atoms with Crippen LogP contribution in [-0.2, 0) is 0 Å². The molecule has 5 heteroatoms. The first-order chi connectivity index (χ1) is 15.6. The van der Waals surface area contributed by atoms with Gasteiger partial charge in [0.1, 0.15) is 0 Å². The fourth-order valence-corrected chi connectivity index (χ4v) is 4.79. The number of carbonyl (C=O) groups is 3. The predicted molar refractivity (Wildman–Crippen MR) is 126 cm³/mol. The van der Waals surface area contributed by atoms with Crippen molar-refractivity contribution in [1.82, 2.24) is 5.32 Å². The zero-order valence-corrected chi connectivity index (χ0v) is 18.6. The molecule has 0 spiro atoms. The number of nitrogens with one attached hydrogen (secondary N) is 1. The van der Waals surface area contributed by atoms with Gasteiger partial charge in [0.2, 0.25) is 0 Å². The van der Waals surface area contributed by atoms with E-state index in [2.05, 4.69) is 5.32 Å². The van der Waals surface area contributed by atoms with Crippen LogP contribution in [0.2, 0.25) is 0 Å². The summed E-state index contributed by atoms with van der Waals surface area (Å²) in [6.45, 7) is 0. The van der Waals surface area contributed by atoms with Crippen LogP contribution < -0.4 is 10.2 Å². The Morgan fingerprint density at radius 2 is 1.25 bits per heavy atom. The number of rotatable bonds is 3. The van der Waals surface area contributed by atoms with Crippen LogP contribution in [-0.4, -0.2) is 23.8 Å². The Morgan fingerprint density at radius 1 is 0.719 bits per heavy atom. The maximum atomic E-state index is 13.0. The molecule has 32 heavy (non-hydrogen) atoms. The lowest BCUT2D eigenvalue weighted by Crippen LogP contribution is -2.35. The topological polar surface area (TPSA) is 66.5 Å². The molecule has 1 heterocycles. The van der Waals surface area contributed by atoms with Crippen LogP contribution in [0, 0.1) is 0 Å². The fourth-order valence-electron chi connectivity index (χ4n) is 4.79.